The third-order valence-corrected chi connectivity index (χ3v) is 5.19. The fourth-order valence-corrected chi connectivity index (χ4v) is 3.70. The van der Waals surface area contributed by atoms with E-state index >= 15 is 0 Å². The summed E-state index contributed by atoms with van der Waals surface area (Å²) in [5, 5.41) is 0. The highest BCUT2D eigenvalue weighted by Gasteiger charge is 2.46. The molecule has 1 heterocycles. The van der Waals surface area contributed by atoms with Crippen LogP contribution in [-0.4, -0.2) is 30.1 Å². The number of benzene rings is 2. The lowest BCUT2D eigenvalue weighted by Crippen LogP contribution is -2.51. The predicted octanol–water partition coefficient (Wildman–Crippen LogP) is 3.26. The van der Waals surface area contributed by atoms with Crippen molar-refractivity contribution in [2.24, 2.45) is 11.5 Å². The van der Waals surface area contributed by atoms with Crippen molar-refractivity contribution in [2.45, 2.75) is 70.6 Å². The highest BCUT2D eigenvalue weighted by molar-refractivity contribution is 5.24. The largest absolute Gasteiger partial charge is 0.343 e. The molecule has 1 saturated heterocycles. The van der Waals surface area contributed by atoms with Crippen LogP contribution in [-0.2, 0) is 22.3 Å². The molecule has 2 aromatic carbocycles. The molecular formula is C23H32N2O2. The van der Waals surface area contributed by atoms with Crippen LogP contribution in [0.25, 0.3) is 0 Å². The van der Waals surface area contributed by atoms with Gasteiger partial charge >= 0.3 is 0 Å². The first-order chi connectivity index (χ1) is 12.7. The van der Waals surface area contributed by atoms with Crippen LogP contribution in [0.4, 0.5) is 0 Å². The van der Waals surface area contributed by atoms with Gasteiger partial charge in [-0.25, -0.2) is 0 Å². The van der Waals surface area contributed by atoms with Crippen LogP contribution in [0.2, 0.25) is 0 Å². The normalized spacial score (nSPS) is 23.9. The van der Waals surface area contributed by atoms with Gasteiger partial charge in [-0.3, -0.25) is 0 Å². The van der Waals surface area contributed by atoms with Crippen LogP contribution in [0.3, 0.4) is 0 Å². The van der Waals surface area contributed by atoms with E-state index in [1.54, 1.807) is 0 Å². The lowest BCUT2D eigenvalue weighted by Gasteiger charge is -2.27. The van der Waals surface area contributed by atoms with Crippen LogP contribution in [0.15, 0.2) is 48.5 Å². The molecule has 0 saturated carbocycles. The molecule has 0 aromatic heterocycles. The third-order valence-electron chi connectivity index (χ3n) is 5.19. The minimum Gasteiger partial charge on any atom is -0.343 e. The van der Waals surface area contributed by atoms with Gasteiger partial charge in [-0.1, -0.05) is 59.7 Å². The molecule has 0 spiro atoms. The molecule has 1 aliphatic rings. The summed E-state index contributed by atoms with van der Waals surface area (Å²) < 4.78 is 12.3. The van der Waals surface area contributed by atoms with Crippen LogP contribution >= 0.6 is 0 Å². The quantitative estimate of drug-likeness (QED) is 0.821. The van der Waals surface area contributed by atoms with Gasteiger partial charge in [0.25, 0.3) is 0 Å². The SMILES string of the molecule is Cc1ccc(C[C@@H](N)[C@@H]2OC(C)(C)O[C@H]2[C@H](N)Cc2ccc(C)cc2)cc1. The summed E-state index contributed by atoms with van der Waals surface area (Å²) in [7, 11) is 0. The molecule has 4 atom stereocenters. The molecule has 2 aromatic rings. The van der Waals surface area contributed by atoms with E-state index in [0.29, 0.717) is 0 Å². The summed E-state index contributed by atoms with van der Waals surface area (Å²) in [5.74, 6) is -0.675. The molecule has 1 aliphatic heterocycles. The maximum absolute atomic E-state index is 6.55. The predicted molar refractivity (Wildman–Crippen MR) is 110 cm³/mol. The van der Waals surface area contributed by atoms with Crippen LogP contribution < -0.4 is 11.5 Å². The topological polar surface area (TPSA) is 70.5 Å². The van der Waals surface area contributed by atoms with Gasteiger partial charge in [0.05, 0.1) is 0 Å². The second-order valence-electron chi connectivity index (χ2n) is 8.27. The Morgan fingerprint density at radius 3 is 1.41 bits per heavy atom. The van der Waals surface area contributed by atoms with E-state index in [-0.39, 0.29) is 24.3 Å². The first-order valence-electron chi connectivity index (χ1n) is 9.71. The van der Waals surface area contributed by atoms with Gasteiger partial charge in [-0.15, -0.1) is 0 Å². The van der Waals surface area contributed by atoms with E-state index in [4.69, 9.17) is 20.9 Å². The standard InChI is InChI=1S/C23H32N2O2/c1-15-5-9-17(10-6-15)13-19(24)21-22(27-23(3,4)26-21)20(25)14-18-11-7-16(2)8-12-18/h5-12,19-22H,13-14,24-25H2,1-4H3/t19-,20-,21+,22+/m1/s1. The Morgan fingerprint density at radius 2 is 1.07 bits per heavy atom. The second-order valence-corrected chi connectivity index (χ2v) is 8.27. The van der Waals surface area contributed by atoms with E-state index in [1.165, 1.54) is 22.3 Å². The molecule has 0 aliphatic carbocycles. The van der Waals surface area contributed by atoms with Crippen molar-refractivity contribution in [3.05, 3.63) is 70.8 Å². The molecule has 4 N–H and O–H groups in total. The number of rotatable bonds is 6. The van der Waals surface area contributed by atoms with Crippen molar-refractivity contribution in [3.8, 4) is 0 Å². The first-order valence-corrected chi connectivity index (χ1v) is 9.71. The van der Waals surface area contributed by atoms with E-state index < -0.39 is 5.79 Å². The Hall–Kier alpha value is -1.72. The smallest absolute Gasteiger partial charge is 0.163 e. The Balaban J connectivity index is 1.71. The van der Waals surface area contributed by atoms with E-state index in [0.717, 1.165) is 12.8 Å². The van der Waals surface area contributed by atoms with Gasteiger partial charge in [0.1, 0.15) is 12.2 Å². The van der Waals surface area contributed by atoms with Crippen molar-refractivity contribution in [2.75, 3.05) is 0 Å². The van der Waals surface area contributed by atoms with Gasteiger partial charge in [-0.05, 0) is 51.7 Å². The lowest BCUT2D eigenvalue weighted by molar-refractivity contribution is -0.149. The average molecular weight is 369 g/mol. The molecule has 4 heteroatoms. The van der Waals surface area contributed by atoms with E-state index in [2.05, 4.69) is 62.4 Å². The third kappa shape index (κ3) is 5.17. The number of hydrogen-bond donors (Lipinski definition) is 2. The summed E-state index contributed by atoms with van der Waals surface area (Å²) in [6.45, 7) is 8.02. The molecule has 4 nitrogen and oxygen atoms in total. The molecule has 0 amide bonds. The minimum absolute atomic E-state index is 0.177. The van der Waals surface area contributed by atoms with Crippen molar-refractivity contribution >= 4 is 0 Å². The van der Waals surface area contributed by atoms with E-state index in [1.807, 2.05) is 13.8 Å². The molecule has 3 rings (SSSR count). The Labute approximate surface area is 162 Å². The minimum atomic E-state index is -0.675. The van der Waals surface area contributed by atoms with Crippen molar-refractivity contribution < 1.29 is 9.47 Å². The van der Waals surface area contributed by atoms with Crippen molar-refractivity contribution in [3.63, 3.8) is 0 Å². The summed E-state index contributed by atoms with van der Waals surface area (Å²) in [4.78, 5) is 0. The monoisotopic (exact) mass is 368 g/mol. The van der Waals surface area contributed by atoms with Gasteiger partial charge in [-0.2, -0.15) is 0 Å². The Kier molecular flexibility index (Phi) is 6.02. The van der Waals surface area contributed by atoms with Gasteiger partial charge in [0.15, 0.2) is 5.79 Å². The zero-order valence-electron chi connectivity index (χ0n) is 16.8. The van der Waals surface area contributed by atoms with Crippen LogP contribution in [0, 0.1) is 13.8 Å². The number of aryl methyl sites for hydroxylation is 2. The van der Waals surface area contributed by atoms with Crippen molar-refractivity contribution in [1.82, 2.24) is 0 Å². The number of ether oxygens (including phenoxy) is 2. The zero-order valence-corrected chi connectivity index (χ0v) is 16.8. The van der Waals surface area contributed by atoms with Crippen LogP contribution in [0.1, 0.15) is 36.1 Å². The molecule has 1 fully saturated rings. The van der Waals surface area contributed by atoms with Gasteiger partial charge in [0.2, 0.25) is 0 Å². The molecule has 0 unspecified atom stereocenters. The maximum atomic E-state index is 6.55. The second kappa shape index (κ2) is 8.11. The number of hydrogen-bond acceptors (Lipinski definition) is 4. The summed E-state index contributed by atoms with van der Waals surface area (Å²) in [6.07, 6.45) is 1.000. The summed E-state index contributed by atoms with van der Waals surface area (Å²) in [5.41, 5.74) is 18.0. The van der Waals surface area contributed by atoms with Crippen LogP contribution in [0.5, 0.6) is 0 Å². The zero-order chi connectivity index (χ0) is 19.6. The van der Waals surface area contributed by atoms with Gasteiger partial charge in [0, 0.05) is 12.1 Å². The van der Waals surface area contributed by atoms with Crippen molar-refractivity contribution in [1.29, 1.82) is 0 Å². The fraction of sp³-hybridized carbons (Fsp3) is 0.478. The first kappa shape index (κ1) is 20.0. The van der Waals surface area contributed by atoms with Gasteiger partial charge < -0.3 is 20.9 Å². The summed E-state index contributed by atoms with van der Waals surface area (Å²) >= 11 is 0. The molecular weight excluding hydrogens is 336 g/mol. The average Bonchev–Trinajstić information content (AvgIpc) is 2.95. The molecule has 27 heavy (non-hydrogen) atoms. The Bertz CT molecular complexity index is 676. The molecule has 0 bridgehead atoms. The molecule has 0 radical (unpaired) electrons. The Morgan fingerprint density at radius 1 is 0.741 bits per heavy atom. The highest BCUT2D eigenvalue weighted by atomic mass is 16.8. The fourth-order valence-electron chi connectivity index (χ4n) is 3.70. The highest BCUT2D eigenvalue weighted by Crippen LogP contribution is 2.32. The maximum Gasteiger partial charge on any atom is 0.163 e. The lowest BCUT2D eigenvalue weighted by atomic mass is 9.92. The molecule has 146 valence electrons. The number of nitrogens with two attached hydrogens (primary N) is 2. The summed E-state index contributed by atoms with van der Waals surface area (Å²) in [6, 6.07) is 16.6. The van der Waals surface area contributed by atoms with E-state index in [9.17, 15) is 0 Å².